The van der Waals surface area contributed by atoms with Gasteiger partial charge in [-0.2, -0.15) is 10.2 Å². The quantitative estimate of drug-likeness (QED) is 0.0595. The molecule has 2 amide bonds. The number of hydrogen-bond acceptors (Lipinski definition) is 18. The van der Waals surface area contributed by atoms with E-state index in [1.807, 2.05) is 13.0 Å². The number of nitriles is 1. The molecule has 1 unspecified atom stereocenters. The second-order valence-corrected chi connectivity index (χ2v) is 18.2. The Balaban J connectivity index is 1.03. The number of nitrogens with zero attached hydrogens (tertiary/aromatic N) is 8. The molecular weight excluding hydrogens is 866 g/mol. The highest BCUT2D eigenvalue weighted by atomic mass is 32.2. The van der Waals surface area contributed by atoms with Gasteiger partial charge in [0.15, 0.2) is 34.4 Å². The molecule has 23 nitrogen and oxygen atoms in total. The molecule has 2 bridgehead atoms. The number of imidazole rings is 2. The van der Waals surface area contributed by atoms with Gasteiger partial charge in [0, 0.05) is 22.6 Å². The first kappa shape index (κ1) is 43.8. The molecule has 4 N–H and O–H groups in total. The SMILES string of the molecule is CC[C@@]12CO[C@@H]([C@H](n3cnc4c(NC(=O)c5ccccc5)ncnc43)O1)[C@@H]2OP(=O)(OCCC#N)OC[C@H]1S[C@@H](n2cnc3c(=O)[nH]c(NC(=O)C(C)C)nc32)[C@H](OC(=O)O)[C@@H]1C. The van der Waals surface area contributed by atoms with Crippen LogP contribution >= 0.6 is 19.6 Å². The van der Waals surface area contributed by atoms with E-state index in [0.717, 1.165) is 0 Å². The molecule has 8 rings (SSSR count). The number of nitrogens with one attached hydrogen (secondary N) is 3. The van der Waals surface area contributed by atoms with E-state index in [1.54, 1.807) is 55.7 Å². The van der Waals surface area contributed by atoms with Gasteiger partial charge in [0.05, 0.1) is 45.0 Å². The number of H-pyrrole nitrogens is 1. The van der Waals surface area contributed by atoms with Crippen LogP contribution in [0.15, 0.2) is 54.1 Å². The van der Waals surface area contributed by atoms with Crippen LogP contribution in [0.4, 0.5) is 16.6 Å². The van der Waals surface area contributed by atoms with E-state index < -0.39 is 84.0 Å². The van der Waals surface area contributed by atoms with E-state index in [4.69, 9.17) is 27.8 Å². The molecule has 0 spiro atoms. The average molecular weight is 908 g/mol. The van der Waals surface area contributed by atoms with Crippen molar-refractivity contribution in [3.05, 3.63) is 65.2 Å². The summed E-state index contributed by atoms with van der Waals surface area (Å²) in [4.78, 5) is 74.6. The summed E-state index contributed by atoms with van der Waals surface area (Å²) in [7, 11) is -4.57. The van der Waals surface area contributed by atoms with Crippen molar-refractivity contribution in [1.29, 1.82) is 5.26 Å². The Morgan fingerprint density at radius 3 is 2.59 bits per heavy atom. The first-order valence-corrected chi connectivity index (χ1v) is 22.3. The number of thioether (sulfide) groups is 1. The van der Waals surface area contributed by atoms with Gasteiger partial charge in [-0.3, -0.25) is 47.4 Å². The predicted molar refractivity (Wildman–Crippen MR) is 221 cm³/mol. The molecule has 1 aromatic carbocycles. The maximum atomic E-state index is 14.7. The molecule has 332 valence electrons. The fourth-order valence-corrected chi connectivity index (χ4v) is 10.8. The molecule has 0 saturated carbocycles. The van der Waals surface area contributed by atoms with Crippen molar-refractivity contribution in [2.75, 3.05) is 30.5 Å². The largest absolute Gasteiger partial charge is 0.506 e. The number of phosphoric ester groups is 1. The van der Waals surface area contributed by atoms with Crippen LogP contribution in [0.5, 0.6) is 0 Å². The number of benzene rings is 1. The van der Waals surface area contributed by atoms with Gasteiger partial charge in [0.25, 0.3) is 11.5 Å². The highest BCUT2D eigenvalue weighted by Crippen LogP contribution is 2.59. The Bertz CT molecular complexity index is 2690. The van der Waals surface area contributed by atoms with Crippen molar-refractivity contribution in [2.45, 2.75) is 81.3 Å². The highest BCUT2D eigenvalue weighted by molar-refractivity contribution is 8.00. The molecule has 7 heterocycles. The van der Waals surface area contributed by atoms with Gasteiger partial charge in [-0.05, 0) is 18.6 Å². The summed E-state index contributed by atoms with van der Waals surface area (Å²) >= 11 is 1.19. The zero-order valence-corrected chi connectivity index (χ0v) is 35.9. The lowest BCUT2D eigenvalue weighted by Crippen LogP contribution is -2.41. The van der Waals surface area contributed by atoms with Gasteiger partial charge >= 0.3 is 14.0 Å². The van der Waals surface area contributed by atoms with Crippen LogP contribution in [-0.2, 0) is 37.1 Å². The Morgan fingerprint density at radius 1 is 1.10 bits per heavy atom. The zero-order valence-electron chi connectivity index (χ0n) is 34.1. The number of ether oxygens (including phenoxy) is 3. The monoisotopic (exact) mass is 907 g/mol. The number of phosphoric acid groups is 1. The molecule has 3 aliphatic rings. The Labute approximate surface area is 361 Å². The number of amides is 2. The molecular formula is C38H42N11O12PS. The van der Waals surface area contributed by atoms with Crippen LogP contribution in [0.1, 0.15) is 62.5 Å². The fourth-order valence-electron chi connectivity index (χ4n) is 7.59. The Kier molecular flexibility index (Phi) is 12.4. The molecule has 3 fully saturated rings. The number of hydrogen-bond donors (Lipinski definition) is 4. The first-order valence-electron chi connectivity index (χ1n) is 19.8. The third-order valence-electron chi connectivity index (χ3n) is 11.0. The van der Waals surface area contributed by atoms with E-state index in [2.05, 4.69) is 40.5 Å². The van der Waals surface area contributed by atoms with Crippen molar-refractivity contribution < 1.29 is 51.8 Å². The third kappa shape index (κ3) is 8.52. The zero-order chi connectivity index (χ0) is 44.6. The van der Waals surface area contributed by atoms with Crippen molar-refractivity contribution >= 4 is 71.6 Å². The summed E-state index contributed by atoms with van der Waals surface area (Å²) in [6, 6.07) is 10.5. The van der Waals surface area contributed by atoms with E-state index in [1.165, 1.54) is 35.3 Å². The first-order chi connectivity index (χ1) is 30.2. The Hall–Kier alpha value is -5.80. The molecule has 25 heteroatoms. The van der Waals surface area contributed by atoms with Crippen molar-refractivity contribution in [3.8, 4) is 6.07 Å². The molecule has 3 aliphatic heterocycles. The highest BCUT2D eigenvalue weighted by Gasteiger charge is 2.64. The summed E-state index contributed by atoms with van der Waals surface area (Å²) in [5, 5.41) is 22.9. The van der Waals surface area contributed by atoms with Gasteiger partial charge in [-0.25, -0.2) is 29.3 Å². The fraction of sp³-hybridized carbons (Fsp3) is 0.474. The van der Waals surface area contributed by atoms with Gasteiger partial charge in [0.2, 0.25) is 11.9 Å². The lowest BCUT2D eigenvalue weighted by atomic mass is 9.96. The minimum absolute atomic E-state index is 0.0540. The van der Waals surface area contributed by atoms with Gasteiger partial charge < -0.3 is 24.6 Å². The second-order valence-electron chi connectivity index (χ2n) is 15.2. The lowest BCUT2D eigenvalue weighted by molar-refractivity contribution is -0.173. The number of rotatable bonds is 16. The smallest absolute Gasteiger partial charge is 0.450 e. The van der Waals surface area contributed by atoms with Gasteiger partial charge in [0.1, 0.15) is 35.6 Å². The summed E-state index contributed by atoms with van der Waals surface area (Å²) in [6.45, 7) is 6.35. The molecule has 63 heavy (non-hydrogen) atoms. The molecule has 0 aliphatic carbocycles. The van der Waals surface area contributed by atoms with Crippen LogP contribution < -0.4 is 16.2 Å². The number of carbonyl (C=O) groups excluding carboxylic acids is 2. The molecule has 0 radical (unpaired) electrons. The van der Waals surface area contributed by atoms with Crippen LogP contribution in [0, 0.1) is 23.2 Å². The van der Waals surface area contributed by atoms with Crippen LogP contribution in [0.3, 0.4) is 0 Å². The standard InChI is InChI=1S/C38H42N11O12PS/c1-5-38-15-56-26(34(60-38)48-17-42-23-28(40-16-41-29(23)48)44-32(51)21-10-7-6-8-11-21)27(38)61-62(55,57-13-9-12-39)58-14-22-20(4)25(59-37(53)54)35(63-22)49-18-43-24-30(49)45-36(47-33(24)52)46-31(50)19(2)3/h6-8,10-11,16-20,22,25-27,34-35H,5,9,13-15H2,1-4H3,(H,53,54)(H,40,41,44,51)(H2,45,46,47,50,52)/t20-,22-,25-,26-,27+,34-,35-,38+,62?/m1/s1. The van der Waals surface area contributed by atoms with Crippen molar-refractivity contribution in [3.63, 3.8) is 0 Å². The number of fused-ring (bicyclic) bond motifs is 4. The lowest BCUT2D eigenvalue weighted by Gasteiger charge is -2.31. The maximum absolute atomic E-state index is 14.7. The van der Waals surface area contributed by atoms with Gasteiger partial charge in [-0.15, -0.1) is 11.8 Å². The molecule has 3 saturated heterocycles. The number of aromatic amines is 1. The second kappa shape index (κ2) is 17.8. The van der Waals surface area contributed by atoms with Crippen molar-refractivity contribution in [2.24, 2.45) is 11.8 Å². The third-order valence-corrected chi connectivity index (χ3v) is 14.1. The minimum Gasteiger partial charge on any atom is -0.450 e. The van der Waals surface area contributed by atoms with E-state index in [-0.39, 0.29) is 54.7 Å². The van der Waals surface area contributed by atoms with Crippen LogP contribution in [0.2, 0.25) is 0 Å². The van der Waals surface area contributed by atoms with Crippen molar-refractivity contribution in [1.82, 2.24) is 39.0 Å². The Morgan fingerprint density at radius 2 is 1.86 bits per heavy atom. The molecule has 5 aromatic rings. The topological polar surface area (TPSA) is 299 Å². The van der Waals surface area contributed by atoms with E-state index in [0.29, 0.717) is 17.6 Å². The maximum Gasteiger partial charge on any atom is 0.506 e. The summed E-state index contributed by atoms with van der Waals surface area (Å²) in [5.41, 5.74) is -0.784. The number of carboxylic acid groups (broad SMARTS) is 1. The molecule has 4 aromatic heterocycles. The average Bonchev–Trinajstić information content (AvgIpc) is 4.09. The number of aromatic nitrogens is 8. The van der Waals surface area contributed by atoms with Crippen LogP contribution in [-0.4, -0.2) is 111 Å². The van der Waals surface area contributed by atoms with E-state index >= 15 is 0 Å². The normalized spacial score (nSPS) is 26.2. The van der Waals surface area contributed by atoms with Crippen LogP contribution in [0.25, 0.3) is 22.3 Å². The number of anilines is 2. The van der Waals surface area contributed by atoms with E-state index in [9.17, 15) is 34.1 Å². The summed E-state index contributed by atoms with van der Waals surface area (Å²) < 4.78 is 54.1. The summed E-state index contributed by atoms with van der Waals surface area (Å²) in [6.07, 6.45) is -1.19. The minimum atomic E-state index is -4.57. The van der Waals surface area contributed by atoms with Gasteiger partial charge in [-0.1, -0.05) is 45.9 Å². The number of carbonyl (C=O) groups is 3. The predicted octanol–water partition coefficient (Wildman–Crippen LogP) is 4.64. The summed E-state index contributed by atoms with van der Waals surface area (Å²) in [5.74, 6) is -1.76. The molecule has 9 atom stereocenters.